The Kier molecular flexibility index (Phi) is 8.35. The average Bonchev–Trinajstić information content (AvgIpc) is 2.81. The van der Waals surface area contributed by atoms with Crippen LogP contribution in [-0.4, -0.2) is 50.7 Å². The normalized spacial score (nSPS) is 20.5. The van der Waals surface area contributed by atoms with Crippen LogP contribution in [0.15, 0.2) is 0 Å². The zero-order valence-electron chi connectivity index (χ0n) is 13.9. The summed E-state index contributed by atoms with van der Waals surface area (Å²) in [6.07, 6.45) is 5.42. The maximum Gasteiger partial charge on any atom is 0.240 e. The van der Waals surface area contributed by atoms with Gasteiger partial charge in [-0.25, -0.2) is 13.1 Å². The van der Waals surface area contributed by atoms with Crippen molar-refractivity contribution in [2.45, 2.75) is 58.4 Å². The Morgan fingerprint density at radius 3 is 2.45 bits per heavy atom. The van der Waals surface area contributed by atoms with Crippen LogP contribution in [0, 0.1) is 5.92 Å². The molecule has 7 heteroatoms. The number of hydrogen-bond acceptors (Lipinski definition) is 4. The molecule has 1 atom stereocenters. The van der Waals surface area contributed by atoms with Gasteiger partial charge >= 0.3 is 0 Å². The SMILES string of the molecule is CC(C)CCN(CCCCCCN)C(=O)C1CCS(=O)(=O)N1. The molecule has 3 N–H and O–H groups in total. The van der Waals surface area contributed by atoms with Gasteiger partial charge in [0, 0.05) is 13.1 Å². The van der Waals surface area contributed by atoms with Crippen LogP contribution in [0.25, 0.3) is 0 Å². The third-order valence-corrected chi connectivity index (χ3v) is 5.38. The molecule has 1 aliphatic heterocycles. The Bertz CT molecular complexity index is 437. The summed E-state index contributed by atoms with van der Waals surface area (Å²) in [4.78, 5) is 14.4. The molecule has 0 saturated carbocycles. The number of carbonyl (C=O) groups is 1. The molecular formula is C15H31N3O3S. The van der Waals surface area contributed by atoms with E-state index in [-0.39, 0.29) is 11.7 Å². The second-order valence-electron chi connectivity index (χ2n) is 6.49. The lowest BCUT2D eigenvalue weighted by Gasteiger charge is -2.26. The first-order valence-corrected chi connectivity index (χ1v) is 10.00. The Morgan fingerprint density at radius 2 is 1.91 bits per heavy atom. The van der Waals surface area contributed by atoms with Crippen molar-refractivity contribution >= 4 is 15.9 Å². The fourth-order valence-corrected chi connectivity index (χ4v) is 3.86. The highest BCUT2D eigenvalue weighted by Crippen LogP contribution is 2.13. The molecule has 0 aliphatic carbocycles. The van der Waals surface area contributed by atoms with Crippen LogP contribution >= 0.6 is 0 Å². The first kappa shape index (κ1) is 19.4. The van der Waals surface area contributed by atoms with Gasteiger partial charge in [0.25, 0.3) is 0 Å². The monoisotopic (exact) mass is 333 g/mol. The van der Waals surface area contributed by atoms with E-state index in [0.29, 0.717) is 32.0 Å². The lowest BCUT2D eigenvalue weighted by molar-refractivity contribution is -0.133. The number of sulfonamides is 1. The van der Waals surface area contributed by atoms with E-state index in [1.165, 1.54) is 0 Å². The molecule has 130 valence electrons. The molecule has 1 amide bonds. The van der Waals surface area contributed by atoms with Crippen molar-refractivity contribution in [2.75, 3.05) is 25.4 Å². The average molecular weight is 333 g/mol. The largest absolute Gasteiger partial charge is 0.341 e. The summed E-state index contributed by atoms with van der Waals surface area (Å²) < 4.78 is 25.4. The summed E-state index contributed by atoms with van der Waals surface area (Å²) in [5.41, 5.74) is 5.48. The Morgan fingerprint density at radius 1 is 1.23 bits per heavy atom. The summed E-state index contributed by atoms with van der Waals surface area (Å²) >= 11 is 0. The molecule has 0 aromatic rings. The number of amides is 1. The van der Waals surface area contributed by atoms with Crippen LogP contribution < -0.4 is 10.5 Å². The predicted molar refractivity (Wildman–Crippen MR) is 88.9 cm³/mol. The second-order valence-corrected chi connectivity index (χ2v) is 8.36. The van der Waals surface area contributed by atoms with E-state index in [2.05, 4.69) is 18.6 Å². The highest BCUT2D eigenvalue weighted by molar-refractivity contribution is 7.89. The minimum atomic E-state index is -3.25. The highest BCUT2D eigenvalue weighted by atomic mass is 32.2. The van der Waals surface area contributed by atoms with Gasteiger partial charge in [-0.1, -0.05) is 26.7 Å². The smallest absolute Gasteiger partial charge is 0.240 e. The van der Waals surface area contributed by atoms with Gasteiger partial charge in [-0.2, -0.15) is 0 Å². The first-order valence-electron chi connectivity index (χ1n) is 8.34. The lowest BCUT2D eigenvalue weighted by atomic mass is 10.1. The molecule has 1 heterocycles. The first-order chi connectivity index (χ1) is 10.4. The molecule has 0 spiro atoms. The molecule has 1 unspecified atom stereocenters. The standard InChI is InChI=1S/C15H31N3O3S/c1-13(2)7-11-18(10-6-4-3-5-9-16)15(19)14-8-12-22(20,21)17-14/h13-14,17H,3-12,16H2,1-2H3. The summed E-state index contributed by atoms with van der Waals surface area (Å²) in [5, 5.41) is 0. The lowest BCUT2D eigenvalue weighted by Crippen LogP contribution is -2.45. The number of nitrogens with one attached hydrogen (secondary N) is 1. The second kappa shape index (κ2) is 9.47. The van der Waals surface area contributed by atoms with Crippen LogP contribution in [0.3, 0.4) is 0 Å². The topological polar surface area (TPSA) is 92.5 Å². The van der Waals surface area contributed by atoms with Crippen molar-refractivity contribution in [3.63, 3.8) is 0 Å². The molecule has 0 aromatic heterocycles. The molecule has 0 aromatic carbocycles. The number of rotatable bonds is 10. The predicted octanol–water partition coefficient (Wildman–Crippen LogP) is 1.07. The number of hydrogen-bond donors (Lipinski definition) is 2. The van der Waals surface area contributed by atoms with Crippen molar-refractivity contribution < 1.29 is 13.2 Å². The molecular weight excluding hydrogens is 302 g/mol. The number of carbonyl (C=O) groups excluding carboxylic acids is 1. The van der Waals surface area contributed by atoms with Gasteiger partial charge in [-0.3, -0.25) is 4.79 Å². The van der Waals surface area contributed by atoms with Gasteiger partial charge in [-0.05, 0) is 38.1 Å². The van der Waals surface area contributed by atoms with Crippen LogP contribution in [0.1, 0.15) is 52.4 Å². The molecule has 22 heavy (non-hydrogen) atoms. The van der Waals surface area contributed by atoms with E-state index >= 15 is 0 Å². The van der Waals surface area contributed by atoms with Gasteiger partial charge in [0.15, 0.2) is 0 Å². The zero-order chi connectivity index (χ0) is 16.6. The summed E-state index contributed by atoms with van der Waals surface area (Å²) in [6.45, 7) is 6.37. The molecule has 1 saturated heterocycles. The van der Waals surface area contributed by atoms with Crippen LogP contribution in [-0.2, 0) is 14.8 Å². The molecule has 0 bridgehead atoms. The van der Waals surface area contributed by atoms with Crippen molar-refractivity contribution in [3.8, 4) is 0 Å². The van der Waals surface area contributed by atoms with E-state index in [4.69, 9.17) is 5.73 Å². The third-order valence-electron chi connectivity index (χ3n) is 3.97. The van der Waals surface area contributed by atoms with Crippen LogP contribution in [0.5, 0.6) is 0 Å². The third kappa shape index (κ3) is 7.07. The number of nitrogens with zero attached hydrogens (tertiary/aromatic N) is 1. The zero-order valence-corrected chi connectivity index (χ0v) is 14.7. The Balaban J connectivity index is 2.50. The van der Waals surface area contributed by atoms with E-state index in [1.807, 2.05) is 4.90 Å². The quantitative estimate of drug-likeness (QED) is 0.585. The molecule has 1 fully saturated rings. The van der Waals surface area contributed by atoms with Gasteiger partial charge < -0.3 is 10.6 Å². The van der Waals surface area contributed by atoms with Crippen molar-refractivity contribution in [1.29, 1.82) is 0 Å². The maximum absolute atomic E-state index is 12.5. The molecule has 6 nitrogen and oxygen atoms in total. The minimum absolute atomic E-state index is 0.0535. The van der Waals surface area contributed by atoms with E-state index in [0.717, 1.165) is 32.1 Å². The molecule has 1 rings (SSSR count). The fourth-order valence-electron chi connectivity index (χ4n) is 2.55. The summed E-state index contributed by atoms with van der Waals surface area (Å²) in [6, 6.07) is -0.568. The van der Waals surface area contributed by atoms with Gasteiger partial charge in [0.05, 0.1) is 5.75 Å². The van der Waals surface area contributed by atoms with Gasteiger partial charge in [0.2, 0.25) is 15.9 Å². The van der Waals surface area contributed by atoms with Crippen molar-refractivity contribution in [3.05, 3.63) is 0 Å². The Hall–Kier alpha value is -0.660. The summed E-state index contributed by atoms with van der Waals surface area (Å²) in [5.74, 6) is 0.506. The minimum Gasteiger partial charge on any atom is -0.341 e. The van der Waals surface area contributed by atoms with Gasteiger partial charge in [-0.15, -0.1) is 0 Å². The number of nitrogens with two attached hydrogens (primary N) is 1. The maximum atomic E-state index is 12.5. The van der Waals surface area contributed by atoms with E-state index in [1.54, 1.807) is 0 Å². The van der Waals surface area contributed by atoms with Crippen LogP contribution in [0.2, 0.25) is 0 Å². The summed E-state index contributed by atoms with van der Waals surface area (Å²) in [7, 11) is -3.25. The highest BCUT2D eigenvalue weighted by Gasteiger charge is 2.34. The van der Waals surface area contributed by atoms with Crippen LogP contribution in [0.4, 0.5) is 0 Å². The van der Waals surface area contributed by atoms with Gasteiger partial charge in [0.1, 0.15) is 6.04 Å². The van der Waals surface area contributed by atoms with E-state index < -0.39 is 16.1 Å². The van der Waals surface area contributed by atoms with Crippen molar-refractivity contribution in [2.24, 2.45) is 11.7 Å². The number of unbranched alkanes of at least 4 members (excludes halogenated alkanes) is 3. The van der Waals surface area contributed by atoms with Crippen molar-refractivity contribution in [1.82, 2.24) is 9.62 Å². The van der Waals surface area contributed by atoms with E-state index in [9.17, 15) is 13.2 Å². The fraction of sp³-hybridized carbons (Fsp3) is 0.933. The molecule has 0 radical (unpaired) electrons. The Labute approximate surface area is 134 Å². The molecule has 1 aliphatic rings.